The molecule has 6 aromatic rings. The molecule has 10 nitrogen and oxygen atoms in total. The molecule has 6 rings (SSSR count). The average Bonchev–Trinajstić information content (AvgIpc) is 3.62. The Balaban J connectivity index is 1.17. The van der Waals surface area contributed by atoms with Crippen molar-refractivity contribution in [3.05, 3.63) is 112 Å². The predicted molar refractivity (Wildman–Crippen MR) is 148 cm³/mol. The number of hydrogen-bond donors (Lipinski definition) is 2. The van der Waals surface area contributed by atoms with Crippen LogP contribution in [0.5, 0.6) is 0 Å². The molecule has 39 heavy (non-hydrogen) atoms. The van der Waals surface area contributed by atoms with Gasteiger partial charge in [-0.2, -0.15) is 5.10 Å². The zero-order chi connectivity index (χ0) is 26.8. The number of furan rings is 1. The first kappa shape index (κ1) is 24.1. The van der Waals surface area contributed by atoms with Crippen LogP contribution in [0.4, 0.5) is 5.69 Å². The number of amides is 1. The molecule has 0 atom stereocenters. The summed E-state index contributed by atoms with van der Waals surface area (Å²) in [6.07, 6.45) is 1.33. The molecule has 0 fully saturated rings. The number of fused-ring (bicyclic) bond motifs is 3. The number of aromatic amines is 1. The molecule has 2 heterocycles. The molecule has 11 heteroatoms. The highest BCUT2D eigenvalue weighted by Gasteiger charge is 2.18. The monoisotopic (exact) mass is 534 g/mol. The maximum absolute atomic E-state index is 12.6. The summed E-state index contributed by atoms with van der Waals surface area (Å²) in [5.41, 5.74) is 4.16. The summed E-state index contributed by atoms with van der Waals surface area (Å²) in [7, 11) is 0. The van der Waals surface area contributed by atoms with Gasteiger partial charge in [-0.1, -0.05) is 66.7 Å². The largest absolute Gasteiger partial charge is 0.451 e. The van der Waals surface area contributed by atoms with Crippen LogP contribution in [0.3, 0.4) is 0 Å². The maximum Gasteiger partial charge on any atom is 0.307 e. The Morgan fingerprint density at radius 3 is 2.67 bits per heavy atom. The third-order valence-corrected chi connectivity index (χ3v) is 6.85. The van der Waals surface area contributed by atoms with Gasteiger partial charge < -0.3 is 4.42 Å². The van der Waals surface area contributed by atoms with Gasteiger partial charge in [-0.15, -0.1) is 5.10 Å². The fourth-order valence-electron chi connectivity index (χ4n) is 4.08. The Bertz CT molecular complexity index is 1880. The summed E-state index contributed by atoms with van der Waals surface area (Å²) in [4.78, 5) is 28.7. The van der Waals surface area contributed by atoms with Crippen LogP contribution in [-0.4, -0.2) is 32.2 Å². The minimum Gasteiger partial charge on any atom is -0.451 e. The van der Waals surface area contributed by atoms with E-state index < -0.39 is 10.8 Å². The van der Waals surface area contributed by atoms with E-state index in [2.05, 4.69) is 25.7 Å². The Kier molecular flexibility index (Phi) is 6.31. The molecular weight excluding hydrogens is 516 g/mol. The molecule has 1 amide bonds. The number of nitrogens with zero attached hydrogens (tertiary/aromatic N) is 4. The number of H-pyrrole nitrogens is 1. The molecule has 4 aromatic carbocycles. The molecule has 0 unspecified atom stereocenters. The normalized spacial score (nSPS) is 11.4. The second kappa shape index (κ2) is 10.2. The van der Waals surface area contributed by atoms with Crippen LogP contribution in [0.15, 0.2) is 111 Å². The predicted octanol–water partition coefficient (Wildman–Crippen LogP) is 6.19. The number of benzene rings is 4. The second-order valence-corrected chi connectivity index (χ2v) is 9.44. The van der Waals surface area contributed by atoms with Gasteiger partial charge in [0, 0.05) is 22.6 Å². The SMILES string of the molecule is O=C(NN=Cc1ccc(Sc2n[nH]c(-c3ccccc3)n2)c([N+](=O)[O-])c1)c1cc2c(ccc3ccccc32)o1. The zero-order valence-corrected chi connectivity index (χ0v) is 20.9. The fourth-order valence-corrected chi connectivity index (χ4v) is 4.88. The van der Waals surface area contributed by atoms with Gasteiger partial charge in [0.05, 0.1) is 16.0 Å². The number of aromatic nitrogens is 3. The van der Waals surface area contributed by atoms with Crippen LogP contribution < -0.4 is 5.43 Å². The smallest absolute Gasteiger partial charge is 0.307 e. The average molecular weight is 535 g/mol. The lowest BCUT2D eigenvalue weighted by molar-refractivity contribution is -0.387. The van der Waals surface area contributed by atoms with Gasteiger partial charge in [-0.3, -0.25) is 20.0 Å². The molecule has 0 aliphatic heterocycles. The van der Waals surface area contributed by atoms with E-state index in [4.69, 9.17) is 4.42 Å². The van der Waals surface area contributed by atoms with Gasteiger partial charge >= 0.3 is 5.91 Å². The standard InChI is InChI=1S/C28H18N6O4S/c35-27(24-15-21-20-9-5-4-6-18(20)11-12-23(21)38-24)32-29-16-17-10-13-25(22(14-17)34(36)37)39-28-30-26(31-33-28)19-7-2-1-3-8-19/h1-16H,(H,32,35)(H,30,31,33). The summed E-state index contributed by atoms with van der Waals surface area (Å²) < 4.78 is 5.70. The van der Waals surface area contributed by atoms with Crippen molar-refractivity contribution in [2.24, 2.45) is 5.10 Å². The van der Waals surface area contributed by atoms with Gasteiger partial charge in [0.15, 0.2) is 11.6 Å². The molecule has 0 spiro atoms. The minimum atomic E-state index is -0.535. The first-order chi connectivity index (χ1) is 19.0. The highest BCUT2D eigenvalue weighted by atomic mass is 32.2. The van der Waals surface area contributed by atoms with Gasteiger partial charge in [0.1, 0.15) is 5.58 Å². The number of nitro benzene ring substituents is 1. The van der Waals surface area contributed by atoms with Crippen LogP contribution in [0.25, 0.3) is 33.1 Å². The fraction of sp³-hybridized carbons (Fsp3) is 0. The minimum absolute atomic E-state index is 0.109. The number of rotatable bonds is 7. The molecule has 0 saturated heterocycles. The van der Waals surface area contributed by atoms with E-state index in [9.17, 15) is 14.9 Å². The van der Waals surface area contributed by atoms with Gasteiger partial charge in [0.2, 0.25) is 5.16 Å². The number of nitro groups is 1. The molecule has 0 aliphatic rings. The molecule has 0 radical (unpaired) electrons. The highest BCUT2D eigenvalue weighted by Crippen LogP contribution is 2.34. The third-order valence-electron chi connectivity index (χ3n) is 5.92. The summed E-state index contributed by atoms with van der Waals surface area (Å²) >= 11 is 1.07. The quantitative estimate of drug-likeness (QED) is 0.141. The van der Waals surface area contributed by atoms with Crippen molar-refractivity contribution in [1.82, 2.24) is 20.6 Å². The van der Waals surface area contributed by atoms with E-state index in [-0.39, 0.29) is 11.4 Å². The molecule has 0 saturated carbocycles. The Hall–Kier alpha value is -5.29. The number of carbonyl (C=O) groups is 1. The highest BCUT2D eigenvalue weighted by molar-refractivity contribution is 7.99. The molecule has 0 aliphatic carbocycles. The lowest BCUT2D eigenvalue weighted by Crippen LogP contribution is -2.16. The van der Waals surface area contributed by atoms with Crippen molar-refractivity contribution in [2.45, 2.75) is 10.1 Å². The topological polar surface area (TPSA) is 139 Å². The maximum atomic E-state index is 12.6. The molecule has 2 N–H and O–H groups in total. The van der Waals surface area contributed by atoms with Gasteiger partial charge in [0.25, 0.3) is 5.69 Å². The molecular formula is C28H18N6O4S. The number of hydrogen-bond acceptors (Lipinski definition) is 8. The van der Waals surface area contributed by atoms with Crippen molar-refractivity contribution >= 4 is 51.3 Å². The number of carbonyl (C=O) groups excluding carboxylic acids is 1. The van der Waals surface area contributed by atoms with Crippen LogP contribution in [-0.2, 0) is 0 Å². The first-order valence-electron chi connectivity index (χ1n) is 11.7. The van der Waals surface area contributed by atoms with E-state index >= 15 is 0 Å². The van der Waals surface area contributed by atoms with Crippen LogP contribution >= 0.6 is 11.8 Å². The molecule has 190 valence electrons. The van der Waals surface area contributed by atoms with E-state index in [0.717, 1.165) is 33.5 Å². The van der Waals surface area contributed by atoms with Crippen molar-refractivity contribution in [3.8, 4) is 11.4 Å². The van der Waals surface area contributed by atoms with E-state index in [1.807, 2.05) is 66.7 Å². The Morgan fingerprint density at radius 1 is 1.00 bits per heavy atom. The van der Waals surface area contributed by atoms with Crippen LogP contribution in [0, 0.1) is 10.1 Å². The number of nitrogens with one attached hydrogen (secondary N) is 2. The van der Waals surface area contributed by atoms with Crippen LogP contribution in [0.2, 0.25) is 0 Å². The summed E-state index contributed by atoms with van der Waals surface area (Å²) in [5.74, 6) is 0.141. The van der Waals surface area contributed by atoms with Crippen molar-refractivity contribution in [1.29, 1.82) is 0 Å². The van der Waals surface area contributed by atoms with E-state index in [1.54, 1.807) is 18.2 Å². The summed E-state index contributed by atoms with van der Waals surface area (Å²) in [6.45, 7) is 0. The van der Waals surface area contributed by atoms with Crippen LogP contribution in [0.1, 0.15) is 16.1 Å². The lowest BCUT2D eigenvalue weighted by atomic mass is 10.1. The lowest BCUT2D eigenvalue weighted by Gasteiger charge is -2.01. The number of hydrazone groups is 1. The third kappa shape index (κ3) is 4.98. The van der Waals surface area contributed by atoms with E-state index in [0.29, 0.717) is 27.0 Å². The Morgan fingerprint density at radius 2 is 1.82 bits per heavy atom. The van der Waals surface area contributed by atoms with Crippen molar-refractivity contribution in [2.75, 3.05) is 0 Å². The van der Waals surface area contributed by atoms with Crippen molar-refractivity contribution in [3.63, 3.8) is 0 Å². The van der Waals surface area contributed by atoms with Gasteiger partial charge in [-0.05, 0) is 40.7 Å². The summed E-state index contributed by atoms with van der Waals surface area (Å²) in [6, 6.07) is 27.3. The van der Waals surface area contributed by atoms with Crippen molar-refractivity contribution < 1.29 is 14.1 Å². The van der Waals surface area contributed by atoms with Gasteiger partial charge in [-0.25, -0.2) is 10.4 Å². The second-order valence-electron chi connectivity index (χ2n) is 8.43. The zero-order valence-electron chi connectivity index (χ0n) is 20.1. The Labute approximate surface area is 224 Å². The van der Waals surface area contributed by atoms with E-state index in [1.165, 1.54) is 12.3 Å². The summed E-state index contributed by atoms with van der Waals surface area (Å²) in [5, 5.41) is 25.9. The first-order valence-corrected chi connectivity index (χ1v) is 12.6. The molecule has 0 bridgehead atoms. The molecule has 2 aromatic heterocycles.